The van der Waals surface area contributed by atoms with Crippen LogP contribution in [0.1, 0.15) is 13.3 Å². The van der Waals surface area contributed by atoms with Crippen LogP contribution in [0.25, 0.3) is 0 Å². The maximum absolute atomic E-state index is 2.61. The first-order valence-electron chi connectivity index (χ1n) is 6.39. The number of hydrogen-bond donors (Lipinski definition) is 0. The van der Waals surface area contributed by atoms with Crippen molar-refractivity contribution in [2.45, 2.75) is 13.3 Å². The van der Waals surface area contributed by atoms with Crippen LogP contribution in [0.15, 0.2) is 0 Å². The van der Waals surface area contributed by atoms with Gasteiger partial charge in [0.1, 0.15) is 0 Å². The maximum atomic E-state index is 2.61. The molecule has 0 saturated heterocycles. The lowest BCUT2D eigenvalue weighted by atomic mass is 9.44. The van der Waals surface area contributed by atoms with E-state index in [1.54, 1.807) is 6.42 Å². The Bertz CT molecular complexity index is 330. The van der Waals surface area contributed by atoms with Crippen LogP contribution in [0.4, 0.5) is 0 Å². The van der Waals surface area contributed by atoms with Gasteiger partial charge in [0.25, 0.3) is 0 Å². The first-order chi connectivity index (χ1) is 6.39. The first kappa shape index (κ1) is 5.78. The number of fused-ring (bicyclic) bond motifs is 3. The molecule has 0 nitrogen and oxygen atoms in total. The molecular formula is C13H16. The molecule has 0 aromatic heterocycles. The van der Waals surface area contributed by atoms with Crippen LogP contribution in [0, 0.1) is 65.1 Å². The third-order valence-electron chi connectivity index (χ3n) is 7.74. The van der Waals surface area contributed by atoms with Crippen LogP contribution in [0.2, 0.25) is 0 Å². The average Bonchev–Trinajstić information content (AvgIpc) is 2.14. The molecule has 0 N–H and O–H groups in total. The molecule has 0 radical (unpaired) electrons. The van der Waals surface area contributed by atoms with Crippen molar-refractivity contribution in [1.82, 2.24) is 0 Å². The summed E-state index contributed by atoms with van der Waals surface area (Å²) >= 11 is 0. The van der Waals surface area contributed by atoms with E-state index in [1.165, 1.54) is 59.2 Å². The summed E-state index contributed by atoms with van der Waals surface area (Å²) in [5.41, 5.74) is 0. The molecule has 68 valence electrons. The van der Waals surface area contributed by atoms with E-state index in [1.807, 2.05) is 0 Å². The third-order valence-corrected chi connectivity index (χ3v) is 7.74. The van der Waals surface area contributed by atoms with Gasteiger partial charge in [0.15, 0.2) is 0 Å². The van der Waals surface area contributed by atoms with Gasteiger partial charge in [-0.05, 0) is 71.5 Å². The zero-order chi connectivity index (χ0) is 8.06. The van der Waals surface area contributed by atoms with E-state index in [-0.39, 0.29) is 0 Å². The average molecular weight is 172 g/mol. The predicted molar refractivity (Wildman–Crippen MR) is 48.7 cm³/mol. The molecule has 0 heteroatoms. The Hall–Kier alpha value is 0. The van der Waals surface area contributed by atoms with Crippen molar-refractivity contribution >= 4 is 0 Å². The minimum absolute atomic E-state index is 1.16. The van der Waals surface area contributed by atoms with E-state index in [0.29, 0.717) is 0 Å². The lowest BCUT2D eigenvalue weighted by Crippen LogP contribution is -2.57. The summed E-state index contributed by atoms with van der Waals surface area (Å²) in [7, 11) is 0. The van der Waals surface area contributed by atoms with Gasteiger partial charge in [-0.1, -0.05) is 6.92 Å². The fourth-order valence-electron chi connectivity index (χ4n) is 8.00. The summed E-state index contributed by atoms with van der Waals surface area (Å²) in [5.74, 6) is 13.9. The van der Waals surface area contributed by atoms with Crippen molar-refractivity contribution in [3.8, 4) is 0 Å². The molecule has 6 aliphatic carbocycles. The molecule has 11 atom stereocenters. The van der Waals surface area contributed by atoms with E-state index in [2.05, 4.69) is 6.92 Å². The summed E-state index contributed by atoms with van der Waals surface area (Å²) in [4.78, 5) is 0. The van der Waals surface area contributed by atoms with E-state index < -0.39 is 0 Å². The molecule has 0 spiro atoms. The molecule has 11 unspecified atom stereocenters. The highest BCUT2D eigenvalue weighted by molar-refractivity contribution is 5.35. The van der Waals surface area contributed by atoms with Crippen molar-refractivity contribution in [3.63, 3.8) is 0 Å². The van der Waals surface area contributed by atoms with Gasteiger partial charge in [0.2, 0.25) is 0 Å². The molecule has 6 rings (SSSR count). The molecule has 0 aliphatic heterocycles. The molecular weight excluding hydrogens is 156 g/mol. The highest BCUT2D eigenvalue weighted by Crippen LogP contribution is 2.92. The van der Waals surface area contributed by atoms with Crippen LogP contribution in [0.3, 0.4) is 0 Å². The molecule has 13 heavy (non-hydrogen) atoms. The smallest absolute Gasteiger partial charge is 0.0312 e. The van der Waals surface area contributed by atoms with Crippen LogP contribution < -0.4 is 0 Å². The maximum Gasteiger partial charge on any atom is -0.0312 e. The van der Waals surface area contributed by atoms with Crippen LogP contribution in [0.5, 0.6) is 0 Å². The summed E-state index contributed by atoms with van der Waals surface area (Å²) in [6.07, 6.45) is 1.68. The molecule has 0 aromatic carbocycles. The Balaban J connectivity index is 1.76. The van der Waals surface area contributed by atoms with Crippen molar-refractivity contribution in [2.75, 3.05) is 0 Å². The zero-order valence-corrected chi connectivity index (χ0v) is 8.06. The fraction of sp³-hybridized carbons (Fsp3) is 1.00. The lowest BCUT2D eigenvalue weighted by Gasteiger charge is -2.61. The van der Waals surface area contributed by atoms with Crippen LogP contribution >= 0.6 is 0 Å². The predicted octanol–water partition coefficient (Wildman–Crippen LogP) is 2.26. The van der Waals surface area contributed by atoms with Gasteiger partial charge in [0, 0.05) is 0 Å². The second-order valence-electron chi connectivity index (χ2n) is 7.04. The number of hydrogen-bond acceptors (Lipinski definition) is 0. The second-order valence-corrected chi connectivity index (χ2v) is 7.04. The topological polar surface area (TPSA) is 0 Å². The van der Waals surface area contributed by atoms with Gasteiger partial charge < -0.3 is 0 Å². The SMILES string of the molecule is CC1C2C3CC4C3C3C2C2C1C4C32. The second kappa shape index (κ2) is 1.26. The van der Waals surface area contributed by atoms with Gasteiger partial charge in [-0.2, -0.15) is 0 Å². The van der Waals surface area contributed by atoms with Gasteiger partial charge in [-0.25, -0.2) is 0 Å². The van der Waals surface area contributed by atoms with Crippen molar-refractivity contribution in [3.05, 3.63) is 0 Å². The number of rotatable bonds is 0. The highest BCUT2D eigenvalue weighted by atomic mass is 14.9. The summed E-state index contributed by atoms with van der Waals surface area (Å²) < 4.78 is 0. The van der Waals surface area contributed by atoms with Crippen molar-refractivity contribution in [1.29, 1.82) is 0 Å². The molecule has 6 fully saturated rings. The largest absolute Gasteiger partial charge is 0.0619 e. The van der Waals surface area contributed by atoms with Crippen LogP contribution in [-0.2, 0) is 0 Å². The van der Waals surface area contributed by atoms with Gasteiger partial charge >= 0.3 is 0 Å². The Kier molecular flexibility index (Phi) is 0.558. The molecule has 0 bridgehead atoms. The molecule has 0 heterocycles. The monoisotopic (exact) mass is 172 g/mol. The fourth-order valence-corrected chi connectivity index (χ4v) is 8.00. The van der Waals surface area contributed by atoms with E-state index in [0.717, 1.165) is 5.92 Å². The quantitative estimate of drug-likeness (QED) is 0.526. The Morgan fingerprint density at radius 1 is 0.615 bits per heavy atom. The highest BCUT2D eigenvalue weighted by Gasteiger charge is 2.88. The molecule has 0 aromatic rings. The first-order valence-corrected chi connectivity index (χ1v) is 6.39. The van der Waals surface area contributed by atoms with E-state index in [4.69, 9.17) is 0 Å². The van der Waals surface area contributed by atoms with Gasteiger partial charge in [-0.15, -0.1) is 0 Å². The van der Waals surface area contributed by atoms with Gasteiger partial charge in [0.05, 0.1) is 0 Å². The molecule has 0 amide bonds. The van der Waals surface area contributed by atoms with E-state index in [9.17, 15) is 0 Å². The van der Waals surface area contributed by atoms with Gasteiger partial charge in [-0.3, -0.25) is 0 Å². The normalized spacial score (nSPS) is 93.5. The van der Waals surface area contributed by atoms with Crippen molar-refractivity contribution < 1.29 is 0 Å². The Labute approximate surface area is 79.1 Å². The van der Waals surface area contributed by atoms with E-state index >= 15 is 0 Å². The molecule has 6 aliphatic rings. The summed E-state index contributed by atoms with van der Waals surface area (Å²) in [6, 6.07) is 0. The molecule has 6 saturated carbocycles. The zero-order valence-electron chi connectivity index (χ0n) is 8.06. The Morgan fingerprint density at radius 3 is 2.15 bits per heavy atom. The van der Waals surface area contributed by atoms with Crippen molar-refractivity contribution in [2.24, 2.45) is 65.1 Å². The lowest BCUT2D eigenvalue weighted by molar-refractivity contribution is -0.141. The summed E-state index contributed by atoms with van der Waals surface area (Å²) in [5, 5.41) is 0. The minimum atomic E-state index is 1.16. The standard InChI is InChI=1S/C13H16/c1-3-6-4-2-5-8(4)12-10(6)11-7(3)9(5)13(11)12/h3-13H,2H2,1H3. The minimum Gasteiger partial charge on any atom is -0.0619 e. The Morgan fingerprint density at radius 2 is 1.23 bits per heavy atom. The summed E-state index contributed by atoms with van der Waals surface area (Å²) in [6.45, 7) is 2.61. The third kappa shape index (κ3) is 0.293. The van der Waals surface area contributed by atoms with Crippen LogP contribution in [-0.4, -0.2) is 0 Å².